The summed E-state index contributed by atoms with van der Waals surface area (Å²) in [6.07, 6.45) is 3.63. The molecular weight excluding hydrogens is 252 g/mol. The molecule has 3 rings (SSSR count). The van der Waals surface area contributed by atoms with E-state index >= 15 is 0 Å². The largest absolute Gasteiger partial charge is 0.245 e. The summed E-state index contributed by atoms with van der Waals surface area (Å²) in [6.45, 7) is 12.0. The van der Waals surface area contributed by atoms with E-state index in [9.17, 15) is 0 Å². The lowest BCUT2D eigenvalue weighted by atomic mass is 10.2. The molecule has 0 spiro atoms. The molecule has 0 fully saturated rings. The summed E-state index contributed by atoms with van der Waals surface area (Å²) in [5.41, 5.74) is 0. The number of fused-ring (bicyclic) bond motifs is 3. The Kier molecular flexibility index (Phi) is 9.63. The van der Waals surface area contributed by atoms with Crippen LogP contribution in [0.1, 0.15) is 41.5 Å². The van der Waals surface area contributed by atoms with Gasteiger partial charge in [-0.15, -0.1) is 0 Å². The van der Waals surface area contributed by atoms with E-state index in [0.29, 0.717) is 0 Å². The van der Waals surface area contributed by atoms with Gasteiger partial charge in [-0.05, 0) is 24.3 Å². The van der Waals surface area contributed by atoms with Gasteiger partial charge in [0.05, 0.1) is 0 Å². The summed E-state index contributed by atoms with van der Waals surface area (Å²) in [7, 11) is 0. The standard InChI is InChI=1S/C10H6N2S.3C2H6/c1-3-7-8-4-2-6-12-10(8)13-9(7)11-5-1;3*1-2/h1-6H;3*1-2H3. The van der Waals surface area contributed by atoms with Crippen molar-refractivity contribution >= 4 is 31.8 Å². The second kappa shape index (κ2) is 10.4. The first-order chi connectivity index (χ1) is 9.45. The molecule has 0 bridgehead atoms. The minimum Gasteiger partial charge on any atom is -0.245 e. The Labute approximate surface area is 120 Å². The molecule has 0 aliphatic heterocycles. The number of aromatic nitrogens is 2. The fraction of sp³-hybridized carbons (Fsp3) is 0.375. The average molecular weight is 276 g/mol. The van der Waals surface area contributed by atoms with Crippen LogP contribution in [-0.2, 0) is 0 Å². The van der Waals surface area contributed by atoms with E-state index in [4.69, 9.17) is 0 Å². The maximum absolute atomic E-state index is 4.30. The van der Waals surface area contributed by atoms with E-state index in [1.165, 1.54) is 10.8 Å². The monoisotopic (exact) mass is 276 g/mol. The Morgan fingerprint density at radius 3 is 1.42 bits per heavy atom. The predicted molar refractivity (Wildman–Crippen MR) is 89.0 cm³/mol. The Bertz CT molecular complexity index is 523. The van der Waals surface area contributed by atoms with Crippen LogP contribution in [0.15, 0.2) is 36.7 Å². The molecule has 0 saturated carbocycles. The van der Waals surface area contributed by atoms with Gasteiger partial charge in [0, 0.05) is 23.2 Å². The van der Waals surface area contributed by atoms with Crippen LogP contribution in [0.4, 0.5) is 0 Å². The highest BCUT2D eigenvalue weighted by Crippen LogP contribution is 2.29. The Hall–Kier alpha value is -1.48. The first-order valence-corrected chi connectivity index (χ1v) is 7.85. The molecule has 0 atom stereocenters. The molecule has 0 unspecified atom stereocenters. The topological polar surface area (TPSA) is 25.8 Å². The molecule has 3 heterocycles. The van der Waals surface area contributed by atoms with Crippen molar-refractivity contribution in [2.24, 2.45) is 0 Å². The molecule has 104 valence electrons. The number of pyridine rings is 2. The number of rotatable bonds is 0. The van der Waals surface area contributed by atoms with Gasteiger partial charge in [0.2, 0.25) is 0 Å². The highest BCUT2D eigenvalue weighted by molar-refractivity contribution is 7.25. The predicted octanol–water partition coefficient (Wildman–Crippen LogP) is 5.92. The van der Waals surface area contributed by atoms with Crippen molar-refractivity contribution in [3.63, 3.8) is 0 Å². The highest BCUT2D eigenvalue weighted by Gasteiger charge is 2.03. The average Bonchev–Trinajstić information content (AvgIpc) is 2.92. The van der Waals surface area contributed by atoms with E-state index in [-0.39, 0.29) is 0 Å². The normalized spacial score (nSPS) is 8.53. The molecule has 19 heavy (non-hydrogen) atoms. The summed E-state index contributed by atoms with van der Waals surface area (Å²) in [5, 5.41) is 2.41. The summed E-state index contributed by atoms with van der Waals surface area (Å²) in [6, 6.07) is 8.09. The Balaban J connectivity index is 0.000000482. The van der Waals surface area contributed by atoms with Gasteiger partial charge in [0.15, 0.2) is 0 Å². The van der Waals surface area contributed by atoms with Crippen LogP contribution in [0.2, 0.25) is 0 Å². The summed E-state index contributed by atoms with van der Waals surface area (Å²) >= 11 is 1.64. The zero-order chi connectivity index (χ0) is 14.7. The zero-order valence-electron chi connectivity index (χ0n) is 12.8. The molecule has 0 aliphatic carbocycles. The van der Waals surface area contributed by atoms with E-state index in [1.54, 1.807) is 11.3 Å². The van der Waals surface area contributed by atoms with Gasteiger partial charge in [0.1, 0.15) is 9.66 Å². The van der Waals surface area contributed by atoms with E-state index < -0.39 is 0 Å². The van der Waals surface area contributed by atoms with Crippen molar-refractivity contribution < 1.29 is 0 Å². The van der Waals surface area contributed by atoms with Gasteiger partial charge in [-0.25, -0.2) is 9.97 Å². The van der Waals surface area contributed by atoms with Gasteiger partial charge in [-0.3, -0.25) is 0 Å². The molecule has 3 aromatic rings. The minimum atomic E-state index is 1.07. The molecule has 0 saturated heterocycles. The number of thiophene rings is 1. The molecule has 0 N–H and O–H groups in total. The van der Waals surface area contributed by atoms with Crippen molar-refractivity contribution in [1.29, 1.82) is 0 Å². The molecular formula is C16H24N2S. The van der Waals surface area contributed by atoms with Crippen LogP contribution in [0.5, 0.6) is 0 Å². The quantitative estimate of drug-likeness (QED) is 0.509. The second-order valence-corrected chi connectivity index (χ2v) is 3.79. The van der Waals surface area contributed by atoms with Crippen LogP contribution >= 0.6 is 11.3 Å². The molecule has 0 amide bonds. The van der Waals surface area contributed by atoms with Crippen LogP contribution in [0.25, 0.3) is 20.4 Å². The third-order valence-electron chi connectivity index (χ3n) is 2.03. The highest BCUT2D eigenvalue weighted by atomic mass is 32.1. The van der Waals surface area contributed by atoms with E-state index in [1.807, 2.05) is 66.1 Å². The van der Waals surface area contributed by atoms with Crippen LogP contribution in [-0.4, -0.2) is 9.97 Å². The number of hydrogen-bond donors (Lipinski definition) is 0. The van der Waals surface area contributed by atoms with Crippen molar-refractivity contribution in [3.05, 3.63) is 36.7 Å². The Morgan fingerprint density at radius 1 is 0.684 bits per heavy atom. The van der Waals surface area contributed by atoms with Crippen LogP contribution < -0.4 is 0 Å². The molecule has 3 aromatic heterocycles. The Morgan fingerprint density at radius 2 is 1.05 bits per heavy atom. The van der Waals surface area contributed by atoms with E-state index in [0.717, 1.165) is 9.66 Å². The second-order valence-electron chi connectivity index (χ2n) is 2.81. The fourth-order valence-electron chi connectivity index (χ4n) is 1.45. The molecule has 2 nitrogen and oxygen atoms in total. The summed E-state index contributed by atoms with van der Waals surface area (Å²) in [4.78, 5) is 10.7. The first kappa shape index (κ1) is 17.5. The smallest absolute Gasteiger partial charge is 0.125 e. The van der Waals surface area contributed by atoms with Crippen molar-refractivity contribution in [2.75, 3.05) is 0 Å². The van der Waals surface area contributed by atoms with Crippen LogP contribution in [0, 0.1) is 0 Å². The summed E-state index contributed by atoms with van der Waals surface area (Å²) in [5.74, 6) is 0. The SMILES string of the molecule is CC.CC.CC.c1cnc2sc3ncccc3c2c1. The number of nitrogens with zero attached hydrogens (tertiary/aromatic N) is 2. The van der Waals surface area contributed by atoms with Crippen molar-refractivity contribution in [2.45, 2.75) is 41.5 Å². The maximum Gasteiger partial charge on any atom is 0.125 e. The maximum atomic E-state index is 4.30. The fourth-order valence-corrected chi connectivity index (χ4v) is 2.43. The van der Waals surface area contributed by atoms with Gasteiger partial charge >= 0.3 is 0 Å². The lowest BCUT2D eigenvalue weighted by molar-refractivity contribution is 1.44. The molecule has 3 heteroatoms. The third kappa shape index (κ3) is 4.28. The lowest BCUT2D eigenvalue weighted by Crippen LogP contribution is -1.69. The summed E-state index contributed by atoms with van der Waals surface area (Å²) < 4.78 is 0. The van der Waals surface area contributed by atoms with E-state index in [2.05, 4.69) is 22.1 Å². The third-order valence-corrected chi connectivity index (χ3v) is 3.06. The first-order valence-electron chi connectivity index (χ1n) is 7.03. The lowest BCUT2D eigenvalue weighted by Gasteiger charge is -1.87. The zero-order valence-corrected chi connectivity index (χ0v) is 13.6. The van der Waals surface area contributed by atoms with Crippen molar-refractivity contribution in [3.8, 4) is 0 Å². The van der Waals surface area contributed by atoms with Crippen molar-refractivity contribution in [1.82, 2.24) is 9.97 Å². The van der Waals surface area contributed by atoms with Gasteiger partial charge in [-0.1, -0.05) is 52.9 Å². The van der Waals surface area contributed by atoms with Gasteiger partial charge in [0.25, 0.3) is 0 Å². The molecule has 0 radical (unpaired) electrons. The van der Waals surface area contributed by atoms with Gasteiger partial charge < -0.3 is 0 Å². The minimum absolute atomic E-state index is 1.07. The number of hydrogen-bond acceptors (Lipinski definition) is 3. The molecule has 0 aliphatic rings. The molecule has 0 aromatic carbocycles. The van der Waals surface area contributed by atoms with Gasteiger partial charge in [-0.2, -0.15) is 0 Å². The van der Waals surface area contributed by atoms with Crippen LogP contribution in [0.3, 0.4) is 0 Å².